The molecule has 0 saturated heterocycles. The third-order valence-corrected chi connectivity index (χ3v) is 2.39. The number of nitrogens with zero attached hydrogens (tertiary/aromatic N) is 1. The zero-order valence-electron chi connectivity index (χ0n) is 7.66. The first-order valence-corrected chi connectivity index (χ1v) is 4.44. The molecule has 4 nitrogen and oxygen atoms in total. The minimum atomic E-state index is -0.0496. The summed E-state index contributed by atoms with van der Waals surface area (Å²) in [5, 5.41) is 8.79. The van der Waals surface area contributed by atoms with E-state index in [0.717, 1.165) is 12.0 Å². The Kier molecular flexibility index (Phi) is 2.02. The van der Waals surface area contributed by atoms with Crippen LogP contribution in [0.1, 0.15) is 23.6 Å². The number of ether oxygens (including phenoxy) is 1. The Morgan fingerprint density at radius 1 is 1.50 bits per heavy atom. The highest BCUT2D eigenvalue weighted by molar-refractivity contribution is 5.60. The quantitative estimate of drug-likeness (QED) is 0.594. The number of benzene rings is 1. The lowest BCUT2D eigenvalue weighted by molar-refractivity contribution is 0.269. The minimum absolute atomic E-state index is 0.0496. The standard InChI is InChI=1S/C10H11N3O/c11-5-6-3-7-8(12)1-2-14-10(7)4-9(6)13/h3-4,8H,1-2,12-13H2. The molecule has 0 spiro atoms. The molecule has 72 valence electrons. The lowest BCUT2D eigenvalue weighted by Crippen LogP contribution is -2.20. The molecule has 0 bridgehead atoms. The molecule has 1 heterocycles. The maximum Gasteiger partial charge on any atom is 0.126 e. The molecule has 0 aliphatic carbocycles. The Hall–Kier alpha value is -1.73. The van der Waals surface area contributed by atoms with Crippen molar-refractivity contribution in [3.05, 3.63) is 23.3 Å². The number of nitriles is 1. The highest BCUT2D eigenvalue weighted by Gasteiger charge is 2.19. The molecule has 0 amide bonds. The van der Waals surface area contributed by atoms with E-state index in [1.165, 1.54) is 0 Å². The summed E-state index contributed by atoms with van der Waals surface area (Å²) < 4.78 is 5.40. The normalized spacial score (nSPS) is 19.3. The van der Waals surface area contributed by atoms with Crippen molar-refractivity contribution in [2.24, 2.45) is 5.73 Å². The van der Waals surface area contributed by atoms with Gasteiger partial charge in [0, 0.05) is 24.1 Å². The average molecular weight is 189 g/mol. The Labute approximate surface area is 82.1 Å². The van der Waals surface area contributed by atoms with E-state index in [4.69, 9.17) is 21.5 Å². The van der Waals surface area contributed by atoms with Crippen molar-refractivity contribution in [3.63, 3.8) is 0 Å². The van der Waals surface area contributed by atoms with Gasteiger partial charge in [-0.2, -0.15) is 5.26 Å². The second kappa shape index (κ2) is 3.20. The number of nitrogen functional groups attached to an aromatic ring is 1. The first kappa shape index (κ1) is 8.85. The fourth-order valence-electron chi connectivity index (χ4n) is 1.58. The van der Waals surface area contributed by atoms with Crippen LogP contribution in [-0.4, -0.2) is 6.61 Å². The van der Waals surface area contributed by atoms with Crippen LogP contribution in [0.25, 0.3) is 0 Å². The molecule has 0 radical (unpaired) electrons. The first-order valence-electron chi connectivity index (χ1n) is 4.44. The molecular weight excluding hydrogens is 178 g/mol. The zero-order valence-corrected chi connectivity index (χ0v) is 7.66. The molecule has 4 N–H and O–H groups in total. The predicted octanol–water partition coefficient (Wildman–Crippen LogP) is 0.923. The molecule has 1 aromatic carbocycles. The third kappa shape index (κ3) is 1.28. The largest absolute Gasteiger partial charge is 0.493 e. The van der Waals surface area contributed by atoms with Crippen LogP contribution >= 0.6 is 0 Å². The Bertz CT molecular complexity index is 409. The maximum absolute atomic E-state index is 8.79. The zero-order chi connectivity index (χ0) is 10.1. The molecule has 1 aromatic rings. The van der Waals surface area contributed by atoms with Gasteiger partial charge in [-0.15, -0.1) is 0 Å². The number of anilines is 1. The topological polar surface area (TPSA) is 85.1 Å². The van der Waals surface area contributed by atoms with Crippen LogP contribution in [0.2, 0.25) is 0 Å². The third-order valence-electron chi connectivity index (χ3n) is 2.39. The minimum Gasteiger partial charge on any atom is -0.493 e. The van der Waals surface area contributed by atoms with E-state index in [9.17, 15) is 0 Å². The van der Waals surface area contributed by atoms with E-state index in [2.05, 4.69) is 0 Å². The molecule has 4 heteroatoms. The van der Waals surface area contributed by atoms with Crippen molar-refractivity contribution in [2.75, 3.05) is 12.3 Å². The van der Waals surface area contributed by atoms with E-state index in [1.54, 1.807) is 12.1 Å². The van der Waals surface area contributed by atoms with Crippen molar-refractivity contribution in [1.82, 2.24) is 0 Å². The van der Waals surface area contributed by atoms with Crippen LogP contribution in [0.3, 0.4) is 0 Å². The molecule has 0 aromatic heterocycles. The van der Waals surface area contributed by atoms with Gasteiger partial charge in [-0.3, -0.25) is 0 Å². The van der Waals surface area contributed by atoms with Crippen molar-refractivity contribution >= 4 is 5.69 Å². The lowest BCUT2D eigenvalue weighted by atomic mass is 9.98. The lowest BCUT2D eigenvalue weighted by Gasteiger charge is -2.23. The molecular formula is C10H11N3O. The van der Waals surface area contributed by atoms with Gasteiger partial charge in [0.2, 0.25) is 0 Å². The van der Waals surface area contributed by atoms with Crippen LogP contribution in [0, 0.1) is 11.3 Å². The number of rotatable bonds is 0. The SMILES string of the molecule is N#Cc1cc2c(cc1N)OCCC2N. The van der Waals surface area contributed by atoms with E-state index < -0.39 is 0 Å². The van der Waals surface area contributed by atoms with E-state index in [-0.39, 0.29) is 6.04 Å². The van der Waals surface area contributed by atoms with Gasteiger partial charge in [0.25, 0.3) is 0 Å². The van der Waals surface area contributed by atoms with E-state index in [0.29, 0.717) is 23.6 Å². The smallest absolute Gasteiger partial charge is 0.126 e. The summed E-state index contributed by atoms with van der Waals surface area (Å²) in [6.07, 6.45) is 0.780. The van der Waals surface area contributed by atoms with Gasteiger partial charge in [0.05, 0.1) is 17.9 Å². The molecule has 2 rings (SSSR count). The fourth-order valence-corrected chi connectivity index (χ4v) is 1.58. The van der Waals surface area contributed by atoms with Gasteiger partial charge in [-0.1, -0.05) is 0 Å². The number of hydrogen-bond donors (Lipinski definition) is 2. The van der Waals surface area contributed by atoms with Crippen LogP contribution in [-0.2, 0) is 0 Å². The summed E-state index contributed by atoms with van der Waals surface area (Å²) in [5.41, 5.74) is 13.3. The van der Waals surface area contributed by atoms with Crippen molar-refractivity contribution in [1.29, 1.82) is 5.26 Å². The first-order chi connectivity index (χ1) is 6.72. The second-order valence-electron chi connectivity index (χ2n) is 3.33. The van der Waals surface area contributed by atoms with Crippen LogP contribution < -0.4 is 16.2 Å². The van der Waals surface area contributed by atoms with Crippen LogP contribution in [0.4, 0.5) is 5.69 Å². The summed E-state index contributed by atoms with van der Waals surface area (Å²) in [5.74, 6) is 0.709. The fraction of sp³-hybridized carbons (Fsp3) is 0.300. The van der Waals surface area contributed by atoms with Crippen molar-refractivity contribution < 1.29 is 4.74 Å². The van der Waals surface area contributed by atoms with Crippen LogP contribution in [0.15, 0.2) is 12.1 Å². The van der Waals surface area contributed by atoms with Gasteiger partial charge in [0.15, 0.2) is 0 Å². The van der Waals surface area contributed by atoms with Gasteiger partial charge >= 0.3 is 0 Å². The second-order valence-corrected chi connectivity index (χ2v) is 3.33. The van der Waals surface area contributed by atoms with E-state index in [1.807, 2.05) is 6.07 Å². The number of hydrogen-bond acceptors (Lipinski definition) is 4. The molecule has 14 heavy (non-hydrogen) atoms. The van der Waals surface area contributed by atoms with Crippen LogP contribution in [0.5, 0.6) is 5.75 Å². The van der Waals surface area contributed by atoms with Gasteiger partial charge in [-0.25, -0.2) is 0 Å². The maximum atomic E-state index is 8.79. The monoisotopic (exact) mass is 189 g/mol. The molecule has 1 atom stereocenters. The molecule has 0 fully saturated rings. The Morgan fingerprint density at radius 2 is 2.29 bits per heavy atom. The average Bonchev–Trinajstić information content (AvgIpc) is 2.17. The summed E-state index contributed by atoms with van der Waals surface area (Å²) in [6, 6.07) is 5.37. The summed E-state index contributed by atoms with van der Waals surface area (Å²) in [7, 11) is 0. The predicted molar refractivity (Wildman–Crippen MR) is 52.6 cm³/mol. The van der Waals surface area contributed by atoms with E-state index >= 15 is 0 Å². The summed E-state index contributed by atoms with van der Waals surface area (Å²) in [6.45, 7) is 0.611. The highest BCUT2D eigenvalue weighted by atomic mass is 16.5. The molecule has 0 saturated carbocycles. The van der Waals surface area contributed by atoms with Gasteiger partial charge in [0.1, 0.15) is 11.8 Å². The number of fused-ring (bicyclic) bond motifs is 1. The van der Waals surface area contributed by atoms with Gasteiger partial charge < -0.3 is 16.2 Å². The molecule has 1 aliphatic heterocycles. The summed E-state index contributed by atoms with van der Waals surface area (Å²) in [4.78, 5) is 0. The molecule has 1 aliphatic rings. The Morgan fingerprint density at radius 3 is 3.00 bits per heavy atom. The molecule has 1 unspecified atom stereocenters. The highest BCUT2D eigenvalue weighted by Crippen LogP contribution is 2.33. The van der Waals surface area contributed by atoms with Gasteiger partial charge in [-0.05, 0) is 6.07 Å². The Balaban J connectivity index is 2.56. The number of nitrogens with two attached hydrogens (primary N) is 2. The van der Waals surface area contributed by atoms with Crippen molar-refractivity contribution in [2.45, 2.75) is 12.5 Å². The summed E-state index contributed by atoms with van der Waals surface area (Å²) >= 11 is 0. The van der Waals surface area contributed by atoms with Crippen molar-refractivity contribution in [3.8, 4) is 11.8 Å².